The second-order valence-corrected chi connectivity index (χ2v) is 4.59. The van der Waals surface area contributed by atoms with Crippen molar-refractivity contribution >= 4 is 17.1 Å². The third kappa shape index (κ3) is 2.82. The van der Waals surface area contributed by atoms with Crippen LogP contribution in [0.3, 0.4) is 0 Å². The number of nitrogen functional groups attached to an aromatic ring is 1. The third-order valence-electron chi connectivity index (χ3n) is 3.27. The standard InChI is InChI=1S/C13H22N4/c1-3-15-13-5-4-11(10-12(13)14)17-8-6-16(2)7-9-17/h4-5,10,15H,3,6-9,14H2,1-2H3. The van der Waals surface area contributed by atoms with Crippen molar-refractivity contribution in [2.75, 3.05) is 55.7 Å². The molecule has 4 heteroatoms. The van der Waals surface area contributed by atoms with Gasteiger partial charge in [-0.25, -0.2) is 0 Å². The molecular formula is C13H22N4. The second-order valence-electron chi connectivity index (χ2n) is 4.59. The largest absolute Gasteiger partial charge is 0.397 e. The molecule has 1 aliphatic rings. The number of rotatable bonds is 3. The average Bonchev–Trinajstić information content (AvgIpc) is 2.33. The molecule has 1 aliphatic heterocycles. The number of hydrogen-bond donors (Lipinski definition) is 2. The maximum absolute atomic E-state index is 6.04. The first kappa shape index (κ1) is 12.0. The fraction of sp³-hybridized carbons (Fsp3) is 0.538. The zero-order valence-electron chi connectivity index (χ0n) is 10.7. The summed E-state index contributed by atoms with van der Waals surface area (Å²) in [5.74, 6) is 0. The van der Waals surface area contributed by atoms with E-state index in [4.69, 9.17) is 5.73 Å². The normalized spacial score (nSPS) is 17.2. The van der Waals surface area contributed by atoms with Crippen molar-refractivity contribution in [3.05, 3.63) is 18.2 Å². The van der Waals surface area contributed by atoms with E-state index >= 15 is 0 Å². The van der Waals surface area contributed by atoms with Crippen LogP contribution in [-0.4, -0.2) is 44.7 Å². The van der Waals surface area contributed by atoms with Crippen LogP contribution in [0.4, 0.5) is 17.1 Å². The van der Waals surface area contributed by atoms with Crippen LogP contribution in [0.5, 0.6) is 0 Å². The Morgan fingerprint density at radius 1 is 1.24 bits per heavy atom. The van der Waals surface area contributed by atoms with Gasteiger partial charge in [-0.05, 0) is 32.2 Å². The lowest BCUT2D eigenvalue weighted by Crippen LogP contribution is -2.44. The van der Waals surface area contributed by atoms with E-state index in [1.54, 1.807) is 0 Å². The highest BCUT2D eigenvalue weighted by molar-refractivity contribution is 5.72. The first-order chi connectivity index (χ1) is 8.20. The number of anilines is 3. The molecule has 17 heavy (non-hydrogen) atoms. The quantitative estimate of drug-likeness (QED) is 0.777. The van der Waals surface area contributed by atoms with Crippen molar-refractivity contribution < 1.29 is 0 Å². The molecule has 0 aromatic heterocycles. The minimum Gasteiger partial charge on any atom is -0.397 e. The minimum absolute atomic E-state index is 0.836. The molecule has 0 spiro atoms. The van der Waals surface area contributed by atoms with E-state index in [1.807, 2.05) is 0 Å². The fourth-order valence-corrected chi connectivity index (χ4v) is 2.16. The maximum Gasteiger partial charge on any atom is 0.0575 e. The summed E-state index contributed by atoms with van der Waals surface area (Å²) >= 11 is 0. The summed E-state index contributed by atoms with van der Waals surface area (Å²) in [5, 5.41) is 3.26. The molecule has 94 valence electrons. The Morgan fingerprint density at radius 2 is 1.94 bits per heavy atom. The van der Waals surface area contributed by atoms with Crippen LogP contribution in [0.1, 0.15) is 6.92 Å². The minimum atomic E-state index is 0.836. The molecule has 0 unspecified atom stereocenters. The van der Waals surface area contributed by atoms with Crippen molar-refractivity contribution in [3.63, 3.8) is 0 Å². The summed E-state index contributed by atoms with van der Waals surface area (Å²) in [6.45, 7) is 7.38. The molecule has 0 saturated carbocycles. The number of nitrogens with one attached hydrogen (secondary N) is 1. The highest BCUT2D eigenvalue weighted by atomic mass is 15.2. The van der Waals surface area contributed by atoms with Crippen LogP contribution in [0.25, 0.3) is 0 Å². The number of benzene rings is 1. The van der Waals surface area contributed by atoms with Crippen molar-refractivity contribution in [2.45, 2.75) is 6.92 Å². The molecule has 1 fully saturated rings. The van der Waals surface area contributed by atoms with Gasteiger partial charge in [0.25, 0.3) is 0 Å². The van der Waals surface area contributed by atoms with Gasteiger partial charge in [0.1, 0.15) is 0 Å². The predicted molar refractivity (Wildman–Crippen MR) is 74.7 cm³/mol. The smallest absolute Gasteiger partial charge is 0.0575 e. The van der Waals surface area contributed by atoms with Crippen LogP contribution < -0.4 is 16.0 Å². The molecule has 3 N–H and O–H groups in total. The molecule has 0 aliphatic carbocycles. The van der Waals surface area contributed by atoms with Crippen LogP contribution in [0.2, 0.25) is 0 Å². The molecular weight excluding hydrogens is 212 g/mol. The van der Waals surface area contributed by atoms with Gasteiger partial charge >= 0.3 is 0 Å². The van der Waals surface area contributed by atoms with Crippen molar-refractivity contribution in [1.82, 2.24) is 4.90 Å². The summed E-state index contributed by atoms with van der Waals surface area (Å²) in [6.07, 6.45) is 0. The zero-order chi connectivity index (χ0) is 12.3. The van der Waals surface area contributed by atoms with E-state index in [1.165, 1.54) is 5.69 Å². The average molecular weight is 234 g/mol. The monoisotopic (exact) mass is 234 g/mol. The maximum atomic E-state index is 6.04. The summed E-state index contributed by atoms with van der Waals surface area (Å²) in [6, 6.07) is 6.30. The van der Waals surface area contributed by atoms with Gasteiger partial charge in [-0.2, -0.15) is 0 Å². The second kappa shape index (κ2) is 5.27. The summed E-state index contributed by atoms with van der Waals surface area (Å²) in [7, 11) is 2.17. The Labute approximate surface area is 103 Å². The Morgan fingerprint density at radius 3 is 2.53 bits per heavy atom. The van der Waals surface area contributed by atoms with E-state index in [0.29, 0.717) is 0 Å². The van der Waals surface area contributed by atoms with E-state index < -0.39 is 0 Å². The lowest BCUT2D eigenvalue weighted by molar-refractivity contribution is 0.313. The molecule has 1 aromatic rings. The van der Waals surface area contributed by atoms with E-state index in [2.05, 4.69) is 47.3 Å². The fourth-order valence-electron chi connectivity index (χ4n) is 2.16. The highest BCUT2D eigenvalue weighted by Gasteiger charge is 2.14. The van der Waals surface area contributed by atoms with Crippen LogP contribution >= 0.6 is 0 Å². The molecule has 1 heterocycles. The molecule has 1 saturated heterocycles. The zero-order valence-corrected chi connectivity index (χ0v) is 10.7. The SMILES string of the molecule is CCNc1ccc(N2CCN(C)CC2)cc1N. The van der Waals surface area contributed by atoms with Gasteiger partial charge in [0.05, 0.1) is 11.4 Å². The highest BCUT2D eigenvalue weighted by Crippen LogP contribution is 2.25. The van der Waals surface area contributed by atoms with Crippen LogP contribution in [0, 0.1) is 0 Å². The first-order valence-electron chi connectivity index (χ1n) is 6.27. The predicted octanol–water partition coefficient (Wildman–Crippen LogP) is 1.45. The number of hydrogen-bond acceptors (Lipinski definition) is 4. The molecule has 4 nitrogen and oxygen atoms in total. The Balaban J connectivity index is 2.09. The molecule has 0 amide bonds. The van der Waals surface area contributed by atoms with Gasteiger partial charge in [0.15, 0.2) is 0 Å². The summed E-state index contributed by atoms with van der Waals surface area (Å²) in [5.41, 5.74) is 9.14. The number of likely N-dealkylation sites (N-methyl/N-ethyl adjacent to an activating group) is 1. The lowest BCUT2D eigenvalue weighted by atomic mass is 10.2. The van der Waals surface area contributed by atoms with Gasteiger partial charge in [0.2, 0.25) is 0 Å². The molecule has 1 aromatic carbocycles. The molecule has 0 radical (unpaired) electrons. The number of nitrogens with zero attached hydrogens (tertiary/aromatic N) is 2. The molecule has 0 atom stereocenters. The Bertz CT molecular complexity index is 370. The molecule has 0 bridgehead atoms. The van der Waals surface area contributed by atoms with Crippen molar-refractivity contribution in [3.8, 4) is 0 Å². The van der Waals surface area contributed by atoms with Crippen LogP contribution in [0.15, 0.2) is 18.2 Å². The van der Waals surface area contributed by atoms with Gasteiger partial charge < -0.3 is 20.9 Å². The lowest BCUT2D eigenvalue weighted by Gasteiger charge is -2.34. The third-order valence-corrected chi connectivity index (χ3v) is 3.27. The van der Waals surface area contributed by atoms with E-state index in [0.717, 1.165) is 44.1 Å². The van der Waals surface area contributed by atoms with Gasteiger partial charge in [-0.15, -0.1) is 0 Å². The Kier molecular flexibility index (Phi) is 3.74. The Hall–Kier alpha value is -1.42. The van der Waals surface area contributed by atoms with Gasteiger partial charge in [0, 0.05) is 38.4 Å². The molecule has 2 rings (SSSR count). The summed E-state index contributed by atoms with van der Waals surface area (Å²) < 4.78 is 0. The topological polar surface area (TPSA) is 44.5 Å². The summed E-state index contributed by atoms with van der Waals surface area (Å²) in [4.78, 5) is 4.75. The van der Waals surface area contributed by atoms with Crippen molar-refractivity contribution in [2.24, 2.45) is 0 Å². The van der Waals surface area contributed by atoms with Gasteiger partial charge in [-0.1, -0.05) is 0 Å². The van der Waals surface area contributed by atoms with E-state index in [-0.39, 0.29) is 0 Å². The number of piperazine rings is 1. The van der Waals surface area contributed by atoms with Crippen molar-refractivity contribution in [1.29, 1.82) is 0 Å². The van der Waals surface area contributed by atoms with E-state index in [9.17, 15) is 0 Å². The van der Waals surface area contributed by atoms with Crippen LogP contribution in [-0.2, 0) is 0 Å². The number of nitrogens with two attached hydrogens (primary N) is 1. The van der Waals surface area contributed by atoms with Gasteiger partial charge in [-0.3, -0.25) is 0 Å². The first-order valence-corrected chi connectivity index (χ1v) is 6.27.